The number of fused-ring (bicyclic) bond motifs is 5. The van der Waals surface area contributed by atoms with Crippen LogP contribution in [0.1, 0.15) is 122 Å². The van der Waals surface area contributed by atoms with Crippen molar-refractivity contribution < 1.29 is 81.5 Å². The number of hydrogen-bond donors (Lipinski definition) is 7. The number of hydrogen-bond acceptors (Lipinski definition) is 17. The highest BCUT2D eigenvalue weighted by Crippen LogP contribution is 2.49. The van der Waals surface area contributed by atoms with E-state index >= 15 is 0 Å². The summed E-state index contributed by atoms with van der Waals surface area (Å²) in [6.07, 6.45) is 2.11. The molecule has 3 fully saturated rings. The van der Waals surface area contributed by atoms with Crippen molar-refractivity contribution in [2.75, 3.05) is 58.7 Å². The normalized spacial score (nSPS) is 24.9. The number of urea groups is 1. The van der Waals surface area contributed by atoms with E-state index in [1.165, 1.54) is 70.3 Å². The summed E-state index contributed by atoms with van der Waals surface area (Å²) in [7, 11) is 7.04. The first-order valence-electron chi connectivity index (χ1n) is 29.4. The largest absolute Gasteiger partial charge is 0.495 e. The molecule has 26 nitrogen and oxygen atoms in total. The fraction of sp³-hybridized carbons (Fsp3) is 0.574. The standard InChI is InChI=1S/C61H84ClN9O17/c1-33(2)52(67-47(72)20-13-12-14-26-71-48(73)23-24-49(71)74)55(77)66-40(18-16-25-64-58(63)80)54(76)65-39-22-21-38(30-42(39)83-9)56(78)69(7)36(5)57(79)87-46-31-50(75)70(8)41-28-37(29-43(84-10)51(41)62)27-34(3)17-15-19-45(85-11)61(82)32-44(86-59(81)68-61)35(4)53-60(46,6)88-53/h15,17,19,21-22,28-30,33,35-36,40,44-46,52-53,82H,12-14,16,18,20,23-27,31-32H2,1-11H3,(H,65,76)(H,66,77)(H,67,72)(H,68,81)(H3,63,64,80)/b19-15+,34-17+/t35-,36+,40+,44+,45-,46+,52+,53+,60+,61+/m1/s1. The summed E-state index contributed by atoms with van der Waals surface area (Å²) < 4.78 is 35.2. The molecule has 4 heterocycles. The van der Waals surface area contributed by atoms with Crippen LogP contribution in [0.25, 0.3) is 0 Å². The van der Waals surface area contributed by atoms with Gasteiger partial charge in [-0.15, -0.1) is 0 Å². The van der Waals surface area contributed by atoms with Gasteiger partial charge in [-0.25, -0.2) is 14.4 Å². The van der Waals surface area contributed by atoms with Gasteiger partial charge in [-0.1, -0.05) is 62.6 Å². The van der Waals surface area contributed by atoms with Gasteiger partial charge in [-0.2, -0.15) is 0 Å². The van der Waals surface area contributed by atoms with Crippen LogP contribution in [0, 0.1) is 11.8 Å². The highest BCUT2D eigenvalue weighted by Gasteiger charge is 2.64. The number of ether oxygens (including phenoxy) is 6. The molecule has 2 aromatic rings. The number of alkyl carbamates (subject to hydrolysis) is 1. The number of methoxy groups -OCH3 is 3. The third-order valence-corrected chi connectivity index (χ3v) is 16.8. The molecule has 2 aromatic carbocycles. The average Bonchev–Trinajstić information content (AvgIpc) is 1.68. The van der Waals surface area contributed by atoms with Crippen molar-refractivity contribution >= 4 is 82.4 Å². The first kappa shape index (κ1) is 69.3. The molecule has 4 aliphatic heterocycles. The number of anilines is 2. The first-order chi connectivity index (χ1) is 41.5. The topological polar surface area (TPSA) is 345 Å². The summed E-state index contributed by atoms with van der Waals surface area (Å²) in [5.41, 5.74) is 3.97. The molecule has 4 bridgehead atoms. The fourth-order valence-electron chi connectivity index (χ4n) is 11.0. The van der Waals surface area contributed by atoms with E-state index in [0.717, 1.165) is 16.0 Å². The number of benzene rings is 2. The van der Waals surface area contributed by atoms with Crippen molar-refractivity contribution in [1.29, 1.82) is 0 Å². The maximum atomic E-state index is 14.5. The maximum absolute atomic E-state index is 14.5. The predicted octanol–water partition coefficient (Wildman–Crippen LogP) is 4.56. The van der Waals surface area contributed by atoms with Crippen LogP contribution >= 0.6 is 11.6 Å². The number of unbranched alkanes of at least 4 members (excludes halogenated alkanes) is 2. The number of rotatable bonds is 23. The Morgan fingerprint density at radius 2 is 1.62 bits per heavy atom. The average molecular weight is 1250 g/mol. The number of esters is 1. The van der Waals surface area contributed by atoms with Crippen LogP contribution in [-0.4, -0.2) is 177 Å². The zero-order valence-electron chi connectivity index (χ0n) is 51.8. The van der Waals surface area contributed by atoms with E-state index in [2.05, 4.69) is 26.6 Å². The van der Waals surface area contributed by atoms with Crippen LogP contribution < -0.4 is 46.7 Å². The number of allylic oxidation sites excluding steroid dienone is 3. The minimum atomic E-state index is -1.92. The summed E-state index contributed by atoms with van der Waals surface area (Å²) in [5.74, 6) is -5.08. The molecule has 0 spiro atoms. The van der Waals surface area contributed by atoms with E-state index in [1.807, 2.05) is 13.0 Å². The number of nitrogens with zero attached hydrogens (tertiary/aromatic N) is 3. The van der Waals surface area contributed by atoms with E-state index in [-0.39, 0.29) is 85.5 Å². The van der Waals surface area contributed by atoms with Crippen molar-refractivity contribution in [2.45, 2.75) is 166 Å². The van der Waals surface area contributed by atoms with Crippen LogP contribution in [0.2, 0.25) is 5.02 Å². The summed E-state index contributed by atoms with van der Waals surface area (Å²) in [6, 6.07) is 3.24. The van der Waals surface area contributed by atoms with Gasteiger partial charge in [0.05, 0.1) is 38.1 Å². The Morgan fingerprint density at radius 3 is 2.27 bits per heavy atom. The van der Waals surface area contributed by atoms with Crippen molar-refractivity contribution in [3.8, 4) is 11.5 Å². The van der Waals surface area contributed by atoms with E-state index in [0.29, 0.717) is 37.1 Å². The minimum Gasteiger partial charge on any atom is -0.495 e. The van der Waals surface area contributed by atoms with E-state index in [1.54, 1.807) is 52.0 Å². The quantitative estimate of drug-likeness (QED) is 0.0347. The molecular formula is C61H84ClN9O17. The number of carbonyl (C=O) groups is 10. The minimum absolute atomic E-state index is 0.00739. The van der Waals surface area contributed by atoms with Crippen molar-refractivity contribution in [2.24, 2.45) is 17.6 Å². The SMILES string of the molecule is COc1cc(C(=O)N(C)[C@@H](C)C(=O)O[C@H]2CC(=O)N(C)c3cc(cc(OC)c3Cl)C/C(C)=C/C=C/[C@@H](OC)[C@@]3(O)C[C@H](OC(=O)N3)[C@@H](C)[C@@H]3O[C@@]23C)ccc1NC(=O)[C@H](CCCNC(N)=O)NC(=O)[C@@H](NC(=O)CCCCCN1C(=O)CCC1=O)C(C)C. The van der Waals surface area contributed by atoms with Crippen LogP contribution in [0.15, 0.2) is 54.1 Å². The zero-order chi connectivity index (χ0) is 64.9. The number of primary amides is 1. The van der Waals surface area contributed by atoms with Crippen LogP contribution in [0.4, 0.5) is 21.0 Å². The number of nitrogens with two attached hydrogens (primary N) is 1. The van der Waals surface area contributed by atoms with E-state index in [9.17, 15) is 53.1 Å². The molecule has 27 heteroatoms. The Labute approximate surface area is 517 Å². The van der Waals surface area contributed by atoms with Crippen LogP contribution in [0.5, 0.6) is 11.5 Å². The summed E-state index contributed by atoms with van der Waals surface area (Å²) in [6.45, 7) is 10.5. The van der Waals surface area contributed by atoms with Gasteiger partial charge >= 0.3 is 18.1 Å². The summed E-state index contributed by atoms with van der Waals surface area (Å²) in [4.78, 5) is 136. The molecule has 4 aliphatic rings. The van der Waals surface area contributed by atoms with E-state index < -0.39 is 120 Å². The highest BCUT2D eigenvalue weighted by molar-refractivity contribution is 6.35. The molecule has 10 amide bonds. The monoisotopic (exact) mass is 1250 g/mol. The van der Waals surface area contributed by atoms with Gasteiger partial charge < -0.3 is 70.3 Å². The first-order valence-corrected chi connectivity index (χ1v) is 29.7. The molecular weight excluding hydrogens is 1170 g/mol. The summed E-state index contributed by atoms with van der Waals surface area (Å²) >= 11 is 6.86. The molecule has 0 unspecified atom stereocenters. The number of epoxide rings is 1. The lowest BCUT2D eigenvalue weighted by Crippen LogP contribution is -2.63. The molecule has 6 rings (SSSR count). The molecule has 0 radical (unpaired) electrons. The Hall–Kier alpha value is -7.81. The Morgan fingerprint density at radius 1 is 0.932 bits per heavy atom. The van der Waals surface area contributed by atoms with E-state index in [4.69, 9.17) is 45.8 Å². The molecule has 88 heavy (non-hydrogen) atoms. The molecule has 3 saturated heterocycles. The Balaban J connectivity index is 1.18. The molecule has 8 N–H and O–H groups in total. The maximum Gasteiger partial charge on any atom is 0.409 e. The number of likely N-dealkylation sites (N-methyl/N-ethyl adjacent to an activating group) is 1. The summed E-state index contributed by atoms with van der Waals surface area (Å²) in [5, 5.41) is 25.3. The van der Waals surface area contributed by atoms with Crippen molar-refractivity contribution in [3.05, 3.63) is 70.3 Å². The van der Waals surface area contributed by atoms with Gasteiger partial charge in [0, 0.05) is 71.5 Å². The van der Waals surface area contributed by atoms with Gasteiger partial charge in [-0.05, 0) is 94.7 Å². The second kappa shape index (κ2) is 30.4. The molecule has 0 aliphatic carbocycles. The van der Waals surface area contributed by atoms with Gasteiger partial charge in [0.1, 0.15) is 58.6 Å². The Kier molecular flexibility index (Phi) is 23.9. The number of carbonyl (C=O) groups excluding carboxylic acids is 10. The third-order valence-electron chi connectivity index (χ3n) is 16.5. The zero-order valence-corrected chi connectivity index (χ0v) is 52.5. The van der Waals surface area contributed by atoms with Gasteiger partial charge in [-0.3, -0.25) is 43.8 Å². The number of amides is 10. The number of halogens is 1. The van der Waals surface area contributed by atoms with Crippen LogP contribution in [-0.2, 0) is 58.9 Å². The van der Waals surface area contributed by atoms with Gasteiger partial charge in [0.2, 0.25) is 35.4 Å². The van der Waals surface area contributed by atoms with Gasteiger partial charge in [0.25, 0.3) is 5.91 Å². The Bertz CT molecular complexity index is 3020. The predicted molar refractivity (Wildman–Crippen MR) is 322 cm³/mol. The molecule has 0 saturated carbocycles. The van der Waals surface area contributed by atoms with Gasteiger partial charge in [0.15, 0.2) is 5.72 Å². The highest BCUT2D eigenvalue weighted by atomic mass is 35.5. The lowest BCUT2D eigenvalue weighted by atomic mass is 9.83. The lowest BCUT2D eigenvalue weighted by Gasteiger charge is -2.42. The number of likely N-dealkylation sites (tertiary alicyclic amines) is 1. The number of imide groups is 1. The smallest absolute Gasteiger partial charge is 0.409 e. The third kappa shape index (κ3) is 17.3. The molecule has 10 atom stereocenters. The molecule has 0 aromatic heterocycles. The number of aliphatic hydroxyl groups is 1. The fourth-order valence-corrected chi connectivity index (χ4v) is 11.3. The molecule has 482 valence electrons. The number of nitrogens with one attached hydrogen (secondary N) is 5. The second-order valence-corrected chi connectivity index (χ2v) is 23.6. The second-order valence-electron chi connectivity index (χ2n) is 23.3. The lowest BCUT2D eigenvalue weighted by molar-refractivity contribution is -0.158. The van der Waals surface area contributed by atoms with Crippen molar-refractivity contribution in [3.63, 3.8) is 0 Å². The van der Waals surface area contributed by atoms with Crippen molar-refractivity contribution in [1.82, 2.24) is 31.1 Å². The van der Waals surface area contributed by atoms with Crippen LogP contribution in [0.3, 0.4) is 0 Å².